The van der Waals surface area contributed by atoms with Crippen LogP contribution in [-0.4, -0.2) is 20.8 Å². The van der Waals surface area contributed by atoms with E-state index >= 15 is 0 Å². The van der Waals surface area contributed by atoms with Gasteiger partial charge in [-0.1, -0.05) is 36.0 Å². The quantitative estimate of drug-likeness (QED) is 0.571. The van der Waals surface area contributed by atoms with Gasteiger partial charge in [0.05, 0.1) is 0 Å². The molecule has 0 saturated heterocycles. The number of aliphatic carboxylic acids is 1. The lowest BCUT2D eigenvalue weighted by Gasteiger charge is -2.09. The van der Waals surface area contributed by atoms with Crippen LogP contribution in [-0.2, 0) is 17.0 Å². The van der Waals surface area contributed by atoms with E-state index in [-0.39, 0.29) is 23.7 Å². The van der Waals surface area contributed by atoms with Gasteiger partial charge < -0.3 is 15.7 Å². The van der Waals surface area contributed by atoms with Crippen molar-refractivity contribution in [3.05, 3.63) is 51.4 Å². The van der Waals surface area contributed by atoms with Gasteiger partial charge in [-0.25, -0.2) is 0 Å². The molecule has 2 aromatic rings. The first-order valence-corrected chi connectivity index (χ1v) is 7.58. The molecule has 0 amide bonds. The average molecular weight is 319 g/mol. The van der Waals surface area contributed by atoms with Crippen LogP contribution in [0.25, 0.3) is 0 Å². The number of aryl methyl sites for hydroxylation is 2. The standard InChI is InChI=1S/C14H16N4O3S/c1-9-4-2-3-5-10(9)8-22-14-17-16-11(6-7-12(19)20)13(21)18(14)15/h2-5H,6-8,15H2,1H3,(H,19,20)/p-1. The minimum absolute atomic E-state index is 0.0203. The molecule has 0 radical (unpaired) electrons. The van der Waals surface area contributed by atoms with Gasteiger partial charge in [0.1, 0.15) is 5.69 Å². The Labute approximate surface area is 131 Å². The number of carbonyl (C=O) groups excluding carboxylic acids is 1. The second-order valence-electron chi connectivity index (χ2n) is 4.69. The molecule has 22 heavy (non-hydrogen) atoms. The first-order valence-electron chi connectivity index (χ1n) is 6.60. The highest BCUT2D eigenvalue weighted by atomic mass is 32.2. The van der Waals surface area contributed by atoms with Crippen molar-refractivity contribution < 1.29 is 9.90 Å². The van der Waals surface area contributed by atoms with Crippen LogP contribution in [0, 0.1) is 6.92 Å². The number of carboxylic acid groups (broad SMARTS) is 1. The molecule has 0 fully saturated rings. The molecule has 1 aromatic heterocycles. The molecule has 0 unspecified atom stereocenters. The highest BCUT2D eigenvalue weighted by Gasteiger charge is 2.11. The van der Waals surface area contributed by atoms with Crippen LogP contribution in [0.3, 0.4) is 0 Å². The third-order valence-electron chi connectivity index (χ3n) is 3.11. The van der Waals surface area contributed by atoms with Crippen LogP contribution in [0.5, 0.6) is 0 Å². The average Bonchev–Trinajstić information content (AvgIpc) is 2.49. The zero-order valence-electron chi connectivity index (χ0n) is 12.0. The molecule has 0 aliphatic heterocycles. The summed E-state index contributed by atoms with van der Waals surface area (Å²) in [7, 11) is 0. The third kappa shape index (κ3) is 3.85. The lowest BCUT2D eigenvalue weighted by Crippen LogP contribution is -2.34. The summed E-state index contributed by atoms with van der Waals surface area (Å²) in [6.45, 7) is 2.00. The van der Waals surface area contributed by atoms with Crippen LogP contribution in [0.1, 0.15) is 23.2 Å². The van der Waals surface area contributed by atoms with E-state index in [9.17, 15) is 14.7 Å². The van der Waals surface area contributed by atoms with Crippen molar-refractivity contribution in [3.63, 3.8) is 0 Å². The SMILES string of the molecule is Cc1ccccc1CSc1nnc(CCC(=O)[O-])c(=O)n1N. The fourth-order valence-corrected chi connectivity index (χ4v) is 2.74. The Morgan fingerprint density at radius 1 is 1.36 bits per heavy atom. The molecular weight excluding hydrogens is 304 g/mol. The molecule has 0 aliphatic rings. The van der Waals surface area contributed by atoms with Crippen molar-refractivity contribution in [2.24, 2.45) is 0 Å². The molecule has 0 aliphatic carbocycles. The van der Waals surface area contributed by atoms with E-state index in [0.717, 1.165) is 15.8 Å². The van der Waals surface area contributed by atoms with Crippen molar-refractivity contribution in [2.75, 3.05) is 5.84 Å². The zero-order chi connectivity index (χ0) is 16.1. The van der Waals surface area contributed by atoms with E-state index in [1.807, 2.05) is 31.2 Å². The summed E-state index contributed by atoms with van der Waals surface area (Å²) in [5, 5.41) is 18.4. The van der Waals surface area contributed by atoms with Crippen molar-refractivity contribution in [3.8, 4) is 0 Å². The highest BCUT2D eigenvalue weighted by Crippen LogP contribution is 2.20. The monoisotopic (exact) mass is 319 g/mol. The maximum atomic E-state index is 12.0. The number of aromatic nitrogens is 3. The predicted molar refractivity (Wildman–Crippen MR) is 80.5 cm³/mol. The maximum Gasteiger partial charge on any atom is 0.294 e. The second-order valence-corrected chi connectivity index (χ2v) is 5.63. The van der Waals surface area contributed by atoms with Crippen molar-refractivity contribution in [1.29, 1.82) is 0 Å². The number of nitrogens with two attached hydrogens (primary N) is 1. The highest BCUT2D eigenvalue weighted by molar-refractivity contribution is 7.98. The van der Waals surface area contributed by atoms with Gasteiger partial charge in [-0.3, -0.25) is 4.79 Å². The summed E-state index contributed by atoms with van der Waals surface area (Å²) in [6, 6.07) is 7.88. The van der Waals surface area contributed by atoms with E-state index in [4.69, 9.17) is 5.84 Å². The Balaban J connectivity index is 2.13. The molecular formula is C14H15N4O3S-. The molecule has 7 nitrogen and oxygen atoms in total. The largest absolute Gasteiger partial charge is 0.550 e. The summed E-state index contributed by atoms with van der Waals surface area (Å²) < 4.78 is 0.903. The number of hydrogen-bond acceptors (Lipinski definition) is 7. The van der Waals surface area contributed by atoms with E-state index in [0.29, 0.717) is 5.75 Å². The van der Waals surface area contributed by atoms with E-state index < -0.39 is 11.5 Å². The van der Waals surface area contributed by atoms with Crippen molar-refractivity contribution in [2.45, 2.75) is 30.7 Å². The van der Waals surface area contributed by atoms with E-state index in [1.54, 1.807) is 0 Å². The Kier molecular flexibility index (Phi) is 5.16. The molecule has 0 atom stereocenters. The molecule has 2 rings (SSSR count). The Hall–Kier alpha value is -2.35. The Morgan fingerprint density at radius 2 is 2.09 bits per heavy atom. The van der Waals surface area contributed by atoms with Gasteiger partial charge in [0, 0.05) is 18.1 Å². The zero-order valence-corrected chi connectivity index (χ0v) is 12.8. The smallest absolute Gasteiger partial charge is 0.294 e. The first kappa shape index (κ1) is 16.0. The Morgan fingerprint density at radius 3 is 2.77 bits per heavy atom. The normalized spacial score (nSPS) is 10.6. The van der Waals surface area contributed by atoms with Gasteiger partial charge in [-0.05, 0) is 24.5 Å². The fraction of sp³-hybridized carbons (Fsp3) is 0.286. The number of hydrogen-bond donors (Lipinski definition) is 1. The van der Waals surface area contributed by atoms with Gasteiger partial charge in [0.25, 0.3) is 5.56 Å². The molecule has 116 valence electrons. The summed E-state index contributed by atoms with van der Waals surface area (Å²) >= 11 is 1.30. The second kappa shape index (κ2) is 7.08. The molecule has 2 N–H and O–H groups in total. The van der Waals surface area contributed by atoms with Crippen molar-refractivity contribution >= 4 is 17.7 Å². The molecule has 0 bridgehead atoms. The number of nitrogens with zero attached hydrogens (tertiary/aromatic N) is 3. The van der Waals surface area contributed by atoms with Crippen LogP contribution in [0.15, 0.2) is 34.2 Å². The number of carboxylic acids is 1. The summed E-state index contributed by atoms with van der Waals surface area (Å²) in [5.41, 5.74) is 1.73. The fourth-order valence-electron chi connectivity index (χ4n) is 1.81. The molecule has 1 heterocycles. The molecule has 0 saturated carbocycles. The predicted octanol–water partition coefficient (Wildman–Crippen LogP) is -0.365. The first-order chi connectivity index (χ1) is 10.5. The molecule has 8 heteroatoms. The maximum absolute atomic E-state index is 12.0. The number of nitrogen functional groups attached to an aromatic ring is 1. The van der Waals surface area contributed by atoms with Crippen LogP contribution in [0.4, 0.5) is 0 Å². The van der Waals surface area contributed by atoms with E-state index in [2.05, 4.69) is 10.2 Å². The number of benzene rings is 1. The summed E-state index contributed by atoms with van der Waals surface area (Å²) in [6.07, 6.45) is -0.340. The molecule has 0 spiro atoms. The van der Waals surface area contributed by atoms with Crippen LogP contribution < -0.4 is 16.5 Å². The van der Waals surface area contributed by atoms with Gasteiger partial charge in [0.15, 0.2) is 0 Å². The third-order valence-corrected chi connectivity index (χ3v) is 4.10. The van der Waals surface area contributed by atoms with Gasteiger partial charge in [-0.15, -0.1) is 10.2 Å². The topological polar surface area (TPSA) is 114 Å². The number of rotatable bonds is 6. The summed E-state index contributed by atoms with van der Waals surface area (Å²) in [5.74, 6) is 5.07. The van der Waals surface area contributed by atoms with Gasteiger partial charge in [-0.2, -0.15) is 4.68 Å². The Bertz CT molecular complexity index is 745. The number of thioether (sulfide) groups is 1. The lowest BCUT2D eigenvalue weighted by molar-refractivity contribution is -0.305. The van der Waals surface area contributed by atoms with Crippen molar-refractivity contribution in [1.82, 2.24) is 14.9 Å². The minimum Gasteiger partial charge on any atom is -0.550 e. The summed E-state index contributed by atoms with van der Waals surface area (Å²) in [4.78, 5) is 22.4. The lowest BCUT2D eigenvalue weighted by atomic mass is 10.1. The van der Waals surface area contributed by atoms with Crippen LogP contribution in [0.2, 0.25) is 0 Å². The van der Waals surface area contributed by atoms with E-state index in [1.165, 1.54) is 11.8 Å². The van der Waals surface area contributed by atoms with Gasteiger partial charge >= 0.3 is 0 Å². The minimum atomic E-state index is -1.25. The van der Waals surface area contributed by atoms with Gasteiger partial charge in [0.2, 0.25) is 5.16 Å². The molecule has 1 aromatic carbocycles. The number of carbonyl (C=O) groups is 1. The van der Waals surface area contributed by atoms with Crippen LogP contribution >= 0.6 is 11.8 Å².